The third-order valence-corrected chi connectivity index (χ3v) is 7.25. The number of hydrogen-bond acceptors (Lipinski definition) is 5. The molecule has 0 saturated carbocycles. The molecule has 1 saturated heterocycles. The van der Waals surface area contributed by atoms with Gasteiger partial charge in [0.15, 0.2) is 0 Å². The van der Waals surface area contributed by atoms with E-state index in [1.165, 1.54) is 10.4 Å². The first-order valence-electron chi connectivity index (χ1n) is 9.43. The van der Waals surface area contributed by atoms with Crippen molar-refractivity contribution in [2.75, 3.05) is 26.3 Å². The number of sulfonamides is 1. The summed E-state index contributed by atoms with van der Waals surface area (Å²) >= 11 is 6.38. The highest BCUT2D eigenvalue weighted by molar-refractivity contribution is 7.89. The Balaban J connectivity index is 1.57. The molecule has 1 unspecified atom stereocenters. The molecule has 7 nitrogen and oxygen atoms in total. The van der Waals surface area contributed by atoms with Crippen molar-refractivity contribution in [3.8, 4) is 16.9 Å². The molecule has 2 aliphatic rings. The average Bonchev–Trinajstić information content (AvgIpc) is 3.17. The van der Waals surface area contributed by atoms with Crippen molar-refractivity contribution >= 4 is 27.6 Å². The fourth-order valence-corrected chi connectivity index (χ4v) is 5.25. The van der Waals surface area contributed by atoms with E-state index in [0.717, 1.165) is 22.8 Å². The number of carbonyl (C=O) groups is 1. The Hall–Kier alpha value is -2.39. The first-order chi connectivity index (χ1) is 14.3. The number of carboxylic acid groups (broad SMARTS) is 1. The second-order valence-corrected chi connectivity index (χ2v) is 9.39. The zero-order valence-electron chi connectivity index (χ0n) is 16.0. The fourth-order valence-electron chi connectivity index (χ4n) is 3.56. The molecule has 0 radical (unpaired) electrons. The standard InChI is InChI=1S/C21H20ClNO6S/c22-19-13-15(11-16-12-17(29-21(16)19)3-6-20(24)25)14-1-4-18(5-2-14)30(26,27)23-7-9-28-10-8-23/h1-6,11,13,17H,7-10,12H2,(H,24,25). The van der Waals surface area contributed by atoms with Gasteiger partial charge in [-0.3, -0.25) is 0 Å². The average molecular weight is 450 g/mol. The molecule has 1 fully saturated rings. The number of rotatable bonds is 5. The van der Waals surface area contributed by atoms with E-state index in [4.69, 9.17) is 26.2 Å². The maximum absolute atomic E-state index is 12.8. The monoisotopic (exact) mass is 449 g/mol. The molecule has 0 aromatic heterocycles. The zero-order valence-corrected chi connectivity index (χ0v) is 17.5. The first-order valence-corrected chi connectivity index (χ1v) is 11.2. The molecule has 0 amide bonds. The SMILES string of the molecule is O=C(O)C=CC1Cc2cc(-c3ccc(S(=O)(=O)N4CCOCC4)cc3)cc(Cl)c2O1. The van der Waals surface area contributed by atoms with Gasteiger partial charge in [0, 0.05) is 31.1 Å². The Kier molecular flexibility index (Phi) is 5.84. The first kappa shape index (κ1) is 20.9. The van der Waals surface area contributed by atoms with Crippen LogP contribution >= 0.6 is 11.6 Å². The number of carboxylic acids is 1. The minimum absolute atomic E-state index is 0.239. The molecule has 1 atom stereocenters. The van der Waals surface area contributed by atoms with E-state index in [1.54, 1.807) is 30.3 Å². The maximum Gasteiger partial charge on any atom is 0.328 e. The van der Waals surface area contributed by atoms with Gasteiger partial charge in [0.1, 0.15) is 11.9 Å². The van der Waals surface area contributed by atoms with Crippen LogP contribution in [0.2, 0.25) is 5.02 Å². The van der Waals surface area contributed by atoms with Crippen molar-refractivity contribution in [1.82, 2.24) is 4.31 Å². The van der Waals surface area contributed by atoms with E-state index in [0.29, 0.717) is 43.5 Å². The van der Waals surface area contributed by atoms with Crippen LogP contribution in [0.5, 0.6) is 5.75 Å². The van der Waals surface area contributed by atoms with Crippen molar-refractivity contribution in [1.29, 1.82) is 0 Å². The van der Waals surface area contributed by atoms with Crippen molar-refractivity contribution in [3.05, 3.63) is 59.1 Å². The van der Waals surface area contributed by atoms with Gasteiger partial charge in [-0.25, -0.2) is 13.2 Å². The molecular formula is C21H20ClNO6S. The predicted octanol–water partition coefficient (Wildman–Crippen LogP) is 2.97. The summed E-state index contributed by atoms with van der Waals surface area (Å²) in [6, 6.07) is 10.4. The lowest BCUT2D eigenvalue weighted by Gasteiger charge is -2.26. The molecule has 2 aliphatic heterocycles. The van der Waals surface area contributed by atoms with Gasteiger partial charge in [-0.2, -0.15) is 4.31 Å². The van der Waals surface area contributed by atoms with Crippen LogP contribution in [0, 0.1) is 0 Å². The summed E-state index contributed by atoms with van der Waals surface area (Å²) in [7, 11) is -3.55. The highest BCUT2D eigenvalue weighted by Crippen LogP contribution is 2.40. The normalized spacial score (nSPS) is 19.6. The largest absolute Gasteiger partial charge is 0.484 e. The Morgan fingerprint density at radius 3 is 2.50 bits per heavy atom. The van der Waals surface area contributed by atoms with Crippen molar-refractivity contribution in [2.24, 2.45) is 0 Å². The molecule has 2 aromatic carbocycles. The van der Waals surface area contributed by atoms with Gasteiger partial charge in [-0.05, 0) is 41.5 Å². The molecule has 0 bridgehead atoms. The molecule has 4 rings (SSSR count). The summed E-state index contributed by atoms with van der Waals surface area (Å²) in [4.78, 5) is 11.0. The van der Waals surface area contributed by atoms with E-state index in [9.17, 15) is 13.2 Å². The summed E-state index contributed by atoms with van der Waals surface area (Å²) < 4.78 is 37.9. The number of hydrogen-bond donors (Lipinski definition) is 1. The number of morpholine rings is 1. The summed E-state index contributed by atoms with van der Waals surface area (Å²) in [5.41, 5.74) is 2.54. The number of ether oxygens (including phenoxy) is 2. The highest BCUT2D eigenvalue weighted by Gasteiger charge is 2.27. The van der Waals surface area contributed by atoms with Crippen LogP contribution in [0.25, 0.3) is 11.1 Å². The molecule has 0 spiro atoms. The second kappa shape index (κ2) is 8.39. The summed E-state index contributed by atoms with van der Waals surface area (Å²) in [5, 5.41) is 9.21. The van der Waals surface area contributed by atoms with Gasteiger partial charge in [-0.15, -0.1) is 0 Å². The summed E-state index contributed by atoms with van der Waals surface area (Å²) in [5.74, 6) is -0.486. The topological polar surface area (TPSA) is 93.1 Å². The lowest BCUT2D eigenvalue weighted by atomic mass is 10.0. The van der Waals surface area contributed by atoms with E-state index >= 15 is 0 Å². The van der Waals surface area contributed by atoms with Crippen LogP contribution in [-0.4, -0.2) is 56.2 Å². The molecule has 30 heavy (non-hydrogen) atoms. The van der Waals surface area contributed by atoms with Crippen LogP contribution in [0.15, 0.2) is 53.4 Å². The predicted molar refractivity (Wildman–Crippen MR) is 111 cm³/mol. The molecule has 2 aromatic rings. The highest BCUT2D eigenvalue weighted by atomic mass is 35.5. The number of fused-ring (bicyclic) bond motifs is 1. The summed E-state index contributed by atoms with van der Waals surface area (Å²) in [6.07, 6.45) is 2.67. The second-order valence-electron chi connectivity index (χ2n) is 7.04. The lowest BCUT2D eigenvalue weighted by molar-refractivity contribution is -0.131. The minimum Gasteiger partial charge on any atom is -0.484 e. The summed E-state index contributed by atoms with van der Waals surface area (Å²) in [6.45, 7) is 1.50. The number of benzene rings is 2. The van der Waals surface area contributed by atoms with Gasteiger partial charge in [0.25, 0.3) is 0 Å². The molecule has 9 heteroatoms. The van der Waals surface area contributed by atoms with E-state index in [1.807, 2.05) is 6.07 Å². The maximum atomic E-state index is 12.8. The van der Waals surface area contributed by atoms with Gasteiger partial charge < -0.3 is 14.6 Å². The zero-order chi connectivity index (χ0) is 21.3. The third kappa shape index (κ3) is 4.22. The van der Waals surface area contributed by atoms with Crippen molar-refractivity contribution < 1.29 is 27.8 Å². The molecule has 158 valence electrons. The van der Waals surface area contributed by atoms with Gasteiger partial charge in [0.05, 0.1) is 23.1 Å². The van der Waals surface area contributed by atoms with E-state index in [2.05, 4.69) is 0 Å². The van der Waals surface area contributed by atoms with Crippen LogP contribution in [0.1, 0.15) is 5.56 Å². The number of aliphatic carboxylic acids is 1. The quantitative estimate of drug-likeness (QED) is 0.705. The lowest BCUT2D eigenvalue weighted by Crippen LogP contribution is -2.40. The third-order valence-electron chi connectivity index (χ3n) is 5.06. The van der Waals surface area contributed by atoms with Crippen LogP contribution in [-0.2, 0) is 26.0 Å². The van der Waals surface area contributed by atoms with E-state index < -0.39 is 16.0 Å². The van der Waals surface area contributed by atoms with Crippen molar-refractivity contribution in [3.63, 3.8) is 0 Å². The van der Waals surface area contributed by atoms with Gasteiger partial charge >= 0.3 is 5.97 Å². The number of halogens is 1. The molecular weight excluding hydrogens is 430 g/mol. The number of nitrogens with zero attached hydrogens (tertiary/aromatic N) is 1. The fraction of sp³-hybridized carbons (Fsp3) is 0.286. The smallest absolute Gasteiger partial charge is 0.328 e. The van der Waals surface area contributed by atoms with Crippen LogP contribution < -0.4 is 4.74 Å². The molecule has 2 heterocycles. The molecule has 0 aliphatic carbocycles. The van der Waals surface area contributed by atoms with E-state index in [-0.39, 0.29) is 11.0 Å². The Morgan fingerprint density at radius 1 is 1.13 bits per heavy atom. The Bertz CT molecular complexity index is 1090. The Labute approximate surface area is 179 Å². The van der Waals surface area contributed by atoms with Gasteiger partial charge in [0.2, 0.25) is 10.0 Å². The minimum atomic E-state index is -3.55. The van der Waals surface area contributed by atoms with Crippen molar-refractivity contribution in [2.45, 2.75) is 17.4 Å². The van der Waals surface area contributed by atoms with Crippen LogP contribution in [0.3, 0.4) is 0 Å². The van der Waals surface area contributed by atoms with Crippen LogP contribution in [0.4, 0.5) is 0 Å². The molecule has 1 N–H and O–H groups in total. The van der Waals surface area contributed by atoms with Gasteiger partial charge in [-0.1, -0.05) is 23.7 Å². The Morgan fingerprint density at radius 2 is 1.83 bits per heavy atom.